The quantitative estimate of drug-likeness (QED) is 0.906. The lowest BCUT2D eigenvalue weighted by Crippen LogP contribution is -2.42. The molecule has 0 saturated carbocycles. The van der Waals surface area contributed by atoms with E-state index in [0.717, 1.165) is 31.6 Å². The fraction of sp³-hybridized carbons (Fsp3) is 0.562. The first-order valence-corrected chi connectivity index (χ1v) is 7.06. The van der Waals surface area contributed by atoms with Gasteiger partial charge in [-0.3, -0.25) is 4.79 Å². The molecule has 0 saturated heterocycles. The van der Waals surface area contributed by atoms with Crippen LogP contribution in [0.5, 0.6) is 0 Å². The van der Waals surface area contributed by atoms with Crippen molar-refractivity contribution in [3.05, 3.63) is 29.8 Å². The Morgan fingerprint density at radius 2 is 2.05 bits per heavy atom. The fourth-order valence-electron chi connectivity index (χ4n) is 2.43. The van der Waals surface area contributed by atoms with Crippen LogP contribution in [0.15, 0.2) is 24.3 Å². The Morgan fingerprint density at radius 3 is 2.79 bits per heavy atom. The molecule has 0 unspecified atom stereocenters. The summed E-state index contributed by atoms with van der Waals surface area (Å²) < 4.78 is 0. The van der Waals surface area contributed by atoms with Gasteiger partial charge in [0.1, 0.15) is 0 Å². The first-order valence-electron chi connectivity index (χ1n) is 7.06. The Hall–Kier alpha value is -1.35. The number of para-hydroxylation sites is 1. The highest BCUT2D eigenvalue weighted by Crippen LogP contribution is 2.26. The molecule has 0 atom stereocenters. The topological polar surface area (TPSA) is 32.3 Å². The van der Waals surface area contributed by atoms with Gasteiger partial charge < -0.3 is 10.2 Å². The van der Waals surface area contributed by atoms with Crippen molar-refractivity contribution in [3.63, 3.8) is 0 Å². The normalized spacial score (nSPS) is 15.2. The largest absolute Gasteiger partial charge is 0.311 e. The van der Waals surface area contributed by atoms with Gasteiger partial charge in [-0.2, -0.15) is 0 Å². The first-order chi connectivity index (χ1) is 8.97. The Morgan fingerprint density at radius 1 is 1.32 bits per heavy atom. The average Bonchev–Trinajstić information content (AvgIpc) is 2.36. The van der Waals surface area contributed by atoms with Crippen LogP contribution in [0.25, 0.3) is 0 Å². The summed E-state index contributed by atoms with van der Waals surface area (Å²) in [6.07, 6.45) is 2.14. The predicted molar refractivity (Wildman–Crippen MR) is 79.4 cm³/mol. The number of benzene rings is 1. The van der Waals surface area contributed by atoms with E-state index in [9.17, 15) is 4.79 Å². The van der Waals surface area contributed by atoms with E-state index in [1.54, 1.807) is 0 Å². The van der Waals surface area contributed by atoms with Crippen LogP contribution in [-0.2, 0) is 11.2 Å². The molecule has 19 heavy (non-hydrogen) atoms. The van der Waals surface area contributed by atoms with Gasteiger partial charge in [-0.05, 0) is 29.9 Å². The summed E-state index contributed by atoms with van der Waals surface area (Å²) in [5.74, 6) is 0.177. The molecule has 0 fully saturated rings. The number of aryl methyl sites for hydroxylation is 1. The maximum Gasteiger partial charge on any atom is 0.240 e. The molecule has 0 aromatic heterocycles. The monoisotopic (exact) mass is 260 g/mol. The van der Waals surface area contributed by atoms with Crippen LogP contribution in [0.1, 0.15) is 32.8 Å². The van der Waals surface area contributed by atoms with E-state index in [4.69, 9.17) is 0 Å². The maximum absolute atomic E-state index is 12.3. The van der Waals surface area contributed by atoms with E-state index in [1.165, 1.54) is 5.56 Å². The molecule has 0 spiro atoms. The van der Waals surface area contributed by atoms with Crippen LogP contribution >= 0.6 is 0 Å². The molecular formula is C16H24N2O. The highest BCUT2D eigenvalue weighted by Gasteiger charge is 2.22. The van der Waals surface area contributed by atoms with Gasteiger partial charge in [0.25, 0.3) is 0 Å². The number of nitrogens with zero attached hydrogens (tertiary/aromatic N) is 1. The third-order valence-corrected chi connectivity index (χ3v) is 3.34. The van der Waals surface area contributed by atoms with Crippen molar-refractivity contribution >= 4 is 11.6 Å². The molecule has 1 heterocycles. The smallest absolute Gasteiger partial charge is 0.240 e. The second-order valence-electron chi connectivity index (χ2n) is 6.44. The Balaban J connectivity index is 1.97. The predicted octanol–water partition coefficient (Wildman–Crippen LogP) is 2.60. The molecule has 2 rings (SSSR count). The minimum absolute atomic E-state index is 0.177. The second kappa shape index (κ2) is 5.74. The van der Waals surface area contributed by atoms with E-state index < -0.39 is 0 Å². The molecule has 0 bridgehead atoms. The van der Waals surface area contributed by atoms with E-state index in [-0.39, 0.29) is 11.3 Å². The van der Waals surface area contributed by atoms with Crippen LogP contribution in [0.2, 0.25) is 0 Å². The molecule has 104 valence electrons. The van der Waals surface area contributed by atoms with Crippen LogP contribution in [-0.4, -0.2) is 25.5 Å². The van der Waals surface area contributed by atoms with Gasteiger partial charge >= 0.3 is 0 Å². The summed E-state index contributed by atoms with van der Waals surface area (Å²) in [5, 5.41) is 3.26. The fourth-order valence-corrected chi connectivity index (χ4v) is 2.43. The number of hydrogen-bond donors (Lipinski definition) is 1. The molecule has 1 aliphatic heterocycles. The molecule has 0 radical (unpaired) electrons. The van der Waals surface area contributed by atoms with Gasteiger partial charge in [0.2, 0.25) is 5.91 Å². The van der Waals surface area contributed by atoms with Gasteiger partial charge in [0.15, 0.2) is 0 Å². The summed E-state index contributed by atoms with van der Waals surface area (Å²) in [6.45, 7) is 8.62. The van der Waals surface area contributed by atoms with Crippen molar-refractivity contribution < 1.29 is 4.79 Å². The molecular weight excluding hydrogens is 236 g/mol. The second-order valence-corrected chi connectivity index (χ2v) is 6.44. The third-order valence-electron chi connectivity index (χ3n) is 3.34. The number of carbonyl (C=O) groups is 1. The Bertz CT molecular complexity index is 448. The number of anilines is 1. The van der Waals surface area contributed by atoms with Crippen molar-refractivity contribution in [3.8, 4) is 0 Å². The van der Waals surface area contributed by atoms with E-state index in [0.29, 0.717) is 6.54 Å². The van der Waals surface area contributed by atoms with Crippen LogP contribution < -0.4 is 10.2 Å². The molecule has 3 heteroatoms. The van der Waals surface area contributed by atoms with Crippen molar-refractivity contribution in [2.24, 2.45) is 5.41 Å². The minimum atomic E-state index is 0.177. The van der Waals surface area contributed by atoms with Gasteiger partial charge in [-0.1, -0.05) is 39.0 Å². The lowest BCUT2D eigenvalue weighted by molar-refractivity contribution is -0.117. The van der Waals surface area contributed by atoms with Crippen LogP contribution in [0.4, 0.5) is 5.69 Å². The molecule has 1 aromatic rings. The molecule has 3 nitrogen and oxygen atoms in total. The standard InChI is InChI=1S/C16H24N2O/c1-16(2,3)12-17-11-15(19)18-10-6-8-13-7-4-5-9-14(13)18/h4-5,7,9,17H,6,8,10-12H2,1-3H3. The number of fused-ring (bicyclic) bond motifs is 1. The van der Waals surface area contributed by atoms with Gasteiger partial charge in [0.05, 0.1) is 6.54 Å². The maximum atomic E-state index is 12.3. The SMILES string of the molecule is CC(C)(C)CNCC(=O)N1CCCc2ccccc21. The number of hydrogen-bond acceptors (Lipinski definition) is 2. The van der Waals surface area contributed by atoms with Gasteiger partial charge in [-0.15, -0.1) is 0 Å². The summed E-state index contributed by atoms with van der Waals surface area (Å²) in [5.41, 5.74) is 2.59. The summed E-state index contributed by atoms with van der Waals surface area (Å²) in [4.78, 5) is 14.2. The zero-order valence-electron chi connectivity index (χ0n) is 12.2. The van der Waals surface area contributed by atoms with Crippen molar-refractivity contribution in [1.29, 1.82) is 0 Å². The molecule has 0 aliphatic carbocycles. The number of amides is 1. The molecule has 1 aliphatic rings. The van der Waals surface area contributed by atoms with E-state index >= 15 is 0 Å². The first kappa shape index (κ1) is 14.1. The summed E-state index contributed by atoms with van der Waals surface area (Å²) in [7, 11) is 0. The van der Waals surface area contributed by atoms with Crippen LogP contribution in [0.3, 0.4) is 0 Å². The van der Waals surface area contributed by atoms with Crippen molar-refractivity contribution in [1.82, 2.24) is 5.32 Å². The zero-order valence-corrected chi connectivity index (χ0v) is 12.2. The number of rotatable bonds is 3. The van der Waals surface area contributed by atoms with Gasteiger partial charge in [0, 0.05) is 18.8 Å². The van der Waals surface area contributed by atoms with Crippen molar-refractivity contribution in [2.45, 2.75) is 33.6 Å². The highest BCUT2D eigenvalue weighted by atomic mass is 16.2. The highest BCUT2D eigenvalue weighted by molar-refractivity contribution is 5.95. The number of nitrogens with one attached hydrogen (secondary N) is 1. The molecule has 1 aromatic carbocycles. The lowest BCUT2D eigenvalue weighted by atomic mass is 9.97. The summed E-state index contributed by atoms with van der Waals surface area (Å²) in [6, 6.07) is 8.23. The minimum Gasteiger partial charge on any atom is -0.311 e. The lowest BCUT2D eigenvalue weighted by Gasteiger charge is -2.30. The third kappa shape index (κ3) is 3.80. The van der Waals surface area contributed by atoms with Crippen LogP contribution in [0, 0.1) is 5.41 Å². The van der Waals surface area contributed by atoms with Crippen molar-refractivity contribution in [2.75, 3.05) is 24.5 Å². The number of carbonyl (C=O) groups excluding carboxylic acids is 1. The Kier molecular flexibility index (Phi) is 4.25. The summed E-state index contributed by atoms with van der Waals surface area (Å²) >= 11 is 0. The average molecular weight is 260 g/mol. The van der Waals surface area contributed by atoms with Gasteiger partial charge in [-0.25, -0.2) is 0 Å². The molecule has 1 amide bonds. The van der Waals surface area contributed by atoms with E-state index in [2.05, 4.69) is 38.2 Å². The zero-order chi connectivity index (χ0) is 13.9. The van der Waals surface area contributed by atoms with E-state index in [1.807, 2.05) is 17.0 Å². The molecule has 1 N–H and O–H groups in total. The Labute approximate surface area is 116 Å².